The van der Waals surface area contributed by atoms with E-state index in [4.69, 9.17) is 10.5 Å². The van der Waals surface area contributed by atoms with E-state index in [2.05, 4.69) is 5.32 Å². The molecule has 1 rings (SSSR count). The lowest BCUT2D eigenvalue weighted by atomic mass is 9.87. The molecule has 0 heterocycles. The van der Waals surface area contributed by atoms with Crippen molar-refractivity contribution in [3.8, 4) is 0 Å². The molecule has 3 unspecified atom stereocenters. The van der Waals surface area contributed by atoms with Crippen LogP contribution < -0.4 is 11.1 Å². The third-order valence-electron chi connectivity index (χ3n) is 3.35. The summed E-state index contributed by atoms with van der Waals surface area (Å²) in [7, 11) is 1.56. The minimum Gasteiger partial charge on any atom is -0.393 e. The number of hydrogen-bond donors (Lipinski definition) is 3. The van der Waals surface area contributed by atoms with Gasteiger partial charge in [-0.25, -0.2) is 0 Å². The Morgan fingerprint density at radius 2 is 2.35 bits per heavy atom. The first kappa shape index (κ1) is 14.4. The highest BCUT2D eigenvalue weighted by molar-refractivity contribution is 5.76. The molecule has 1 aliphatic carbocycles. The Balaban J connectivity index is 2.18. The fourth-order valence-corrected chi connectivity index (χ4v) is 2.25. The number of hydrogen-bond acceptors (Lipinski definition) is 4. The summed E-state index contributed by atoms with van der Waals surface area (Å²) in [5, 5.41) is 12.4. The maximum absolute atomic E-state index is 11.6. The number of carbonyl (C=O) groups excluding carboxylic acids is 1. The fourth-order valence-electron chi connectivity index (χ4n) is 2.25. The lowest BCUT2D eigenvalue weighted by Gasteiger charge is -2.26. The third kappa shape index (κ3) is 5.48. The van der Waals surface area contributed by atoms with E-state index < -0.39 is 0 Å². The molecule has 17 heavy (non-hydrogen) atoms. The lowest BCUT2D eigenvalue weighted by molar-refractivity contribution is -0.123. The summed E-state index contributed by atoms with van der Waals surface area (Å²) in [5.41, 5.74) is 5.45. The van der Waals surface area contributed by atoms with Gasteiger partial charge in [-0.3, -0.25) is 4.79 Å². The van der Waals surface area contributed by atoms with Gasteiger partial charge in [0.15, 0.2) is 0 Å². The number of amides is 1. The van der Waals surface area contributed by atoms with Crippen LogP contribution in [0.25, 0.3) is 0 Å². The van der Waals surface area contributed by atoms with E-state index in [1.165, 1.54) is 0 Å². The van der Waals surface area contributed by atoms with Crippen LogP contribution in [0.2, 0.25) is 0 Å². The van der Waals surface area contributed by atoms with Crippen molar-refractivity contribution in [2.75, 3.05) is 20.2 Å². The minimum atomic E-state index is -0.202. The molecule has 4 N–H and O–H groups in total. The van der Waals surface area contributed by atoms with Crippen LogP contribution in [-0.4, -0.2) is 43.4 Å². The summed E-state index contributed by atoms with van der Waals surface area (Å²) >= 11 is 0. The van der Waals surface area contributed by atoms with Crippen LogP contribution in [-0.2, 0) is 9.53 Å². The first-order valence-electron chi connectivity index (χ1n) is 6.33. The number of aliphatic hydroxyl groups excluding tert-OH is 1. The van der Waals surface area contributed by atoms with Crippen LogP contribution in [0.5, 0.6) is 0 Å². The standard InChI is InChI=1S/C12H24N2O3/c1-17-11(7-13)6-12(16)14-8-9-3-2-4-10(15)5-9/h9-11,15H,2-8,13H2,1H3,(H,14,16). The average molecular weight is 244 g/mol. The Bertz CT molecular complexity index is 232. The van der Waals surface area contributed by atoms with Gasteiger partial charge in [0.2, 0.25) is 5.91 Å². The molecule has 0 bridgehead atoms. The van der Waals surface area contributed by atoms with E-state index in [1.807, 2.05) is 0 Å². The van der Waals surface area contributed by atoms with E-state index >= 15 is 0 Å². The molecule has 5 heteroatoms. The van der Waals surface area contributed by atoms with E-state index in [1.54, 1.807) is 7.11 Å². The largest absolute Gasteiger partial charge is 0.393 e. The molecule has 0 saturated heterocycles. The quantitative estimate of drug-likeness (QED) is 0.615. The molecule has 0 aromatic heterocycles. The zero-order chi connectivity index (χ0) is 12.7. The van der Waals surface area contributed by atoms with Crippen molar-refractivity contribution in [3.63, 3.8) is 0 Å². The van der Waals surface area contributed by atoms with Crippen LogP contribution in [0.3, 0.4) is 0 Å². The maximum atomic E-state index is 11.6. The van der Waals surface area contributed by atoms with E-state index in [0.29, 0.717) is 25.4 Å². The van der Waals surface area contributed by atoms with Gasteiger partial charge in [0.25, 0.3) is 0 Å². The molecule has 0 spiro atoms. The number of nitrogens with one attached hydrogen (secondary N) is 1. The number of rotatable bonds is 6. The molecule has 0 aromatic carbocycles. The summed E-state index contributed by atoms with van der Waals surface area (Å²) in [5.74, 6) is 0.379. The van der Waals surface area contributed by atoms with Crippen LogP contribution in [0, 0.1) is 5.92 Å². The third-order valence-corrected chi connectivity index (χ3v) is 3.35. The highest BCUT2D eigenvalue weighted by atomic mass is 16.5. The Hall–Kier alpha value is -0.650. The van der Waals surface area contributed by atoms with Gasteiger partial charge in [0.05, 0.1) is 18.6 Å². The number of carbonyl (C=O) groups is 1. The summed E-state index contributed by atoms with van der Waals surface area (Å²) in [6.07, 6.45) is 3.73. The molecular weight excluding hydrogens is 220 g/mol. The van der Waals surface area contributed by atoms with Crippen molar-refractivity contribution in [2.24, 2.45) is 11.7 Å². The summed E-state index contributed by atoms with van der Waals surface area (Å²) in [6, 6.07) is 0. The molecule has 1 fully saturated rings. The Kier molecular flexibility index (Phi) is 6.47. The van der Waals surface area contributed by atoms with Gasteiger partial charge >= 0.3 is 0 Å². The smallest absolute Gasteiger partial charge is 0.222 e. The monoisotopic (exact) mass is 244 g/mol. The van der Waals surface area contributed by atoms with Crippen molar-refractivity contribution in [2.45, 2.75) is 44.3 Å². The van der Waals surface area contributed by atoms with Crippen LogP contribution in [0.1, 0.15) is 32.1 Å². The molecule has 0 radical (unpaired) electrons. The second-order valence-corrected chi connectivity index (χ2v) is 4.79. The van der Waals surface area contributed by atoms with Crippen molar-refractivity contribution < 1.29 is 14.6 Å². The summed E-state index contributed by atoms with van der Waals surface area (Å²) in [6.45, 7) is 1.00. The van der Waals surface area contributed by atoms with Crippen molar-refractivity contribution in [3.05, 3.63) is 0 Å². The highest BCUT2D eigenvalue weighted by Gasteiger charge is 2.20. The van der Waals surface area contributed by atoms with Gasteiger partial charge in [-0.2, -0.15) is 0 Å². The predicted molar refractivity (Wildman–Crippen MR) is 65.4 cm³/mol. The minimum absolute atomic E-state index is 0.0256. The Morgan fingerprint density at radius 1 is 1.59 bits per heavy atom. The molecular formula is C12H24N2O3. The number of aliphatic hydroxyl groups is 1. The lowest BCUT2D eigenvalue weighted by Crippen LogP contribution is -2.36. The zero-order valence-electron chi connectivity index (χ0n) is 10.5. The van der Waals surface area contributed by atoms with Gasteiger partial charge < -0.3 is 20.9 Å². The van der Waals surface area contributed by atoms with Crippen LogP contribution >= 0.6 is 0 Å². The molecule has 3 atom stereocenters. The SMILES string of the molecule is COC(CN)CC(=O)NCC1CCCC(O)C1. The van der Waals surface area contributed by atoms with Crippen LogP contribution in [0.15, 0.2) is 0 Å². The summed E-state index contributed by atoms with van der Waals surface area (Å²) < 4.78 is 5.05. The van der Waals surface area contributed by atoms with Gasteiger partial charge in [-0.15, -0.1) is 0 Å². The molecule has 0 aliphatic heterocycles. The van der Waals surface area contributed by atoms with Gasteiger partial charge in [0, 0.05) is 20.2 Å². The second kappa shape index (κ2) is 7.63. The maximum Gasteiger partial charge on any atom is 0.222 e. The Morgan fingerprint density at radius 3 is 2.94 bits per heavy atom. The number of nitrogens with two attached hydrogens (primary N) is 1. The number of ether oxygens (including phenoxy) is 1. The molecule has 1 saturated carbocycles. The van der Waals surface area contributed by atoms with E-state index in [0.717, 1.165) is 25.7 Å². The second-order valence-electron chi connectivity index (χ2n) is 4.79. The predicted octanol–water partition coefficient (Wildman–Crippen LogP) is 0.0175. The molecule has 1 amide bonds. The average Bonchev–Trinajstić information content (AvgIpc) is 2.33. The molecule has 100 valence electrons. The van der Waals surface area contributed by atoms with Crippen molar-refractivity contribution in [1.29, 1.82) is 0 Å². The molecule has 0 aromatic rings. The molecule has 5 nitrogen and oxygen atoms in total. The normalized spacial score (nSPS) is 26.5. The first-order chi connectivity index (χ1) is 8.15. The molecule has 1 aliphatic rings. The van der Waals surface area contributed by atoms with Gasteiger partial charge in [-0.1, -0.05) is 6.42 Å². The summed E-state index contributed by atoms with van der Waals surface area (Å²) in [4.78, 5) is 11.6. The highest BCUT2D eigenvalue weighted by Crippen LogP contribution is 2.23. The van der Waals surface area contributed by atoms with Crippen molar-refractivity contribution >= 4 is 5.91 Å². The van der Waals surface area contributed by atoms with Gasteiger partial charge in [0.1, 0.15) is 0 Å². The Labute approximate surface area is 103 Å². The van der Waals surface area contributed by atoms with E-state index in [9.17, 15) is 9.90 Å². The zero-order valence-corrected chi connectivity index (χ0v) is 10.5. The topological polar surface area (TPSA) is 84.6 Å². The van der Waals surface area contributed by atoms with Gasteiger partial charge in [-0.05, 0) is 25.2 Å². The number of methoxy groups -OCH3 is 1. The fraction of sp³-hybridized carbons (Fsp3) is 0.917. The van der Waals surface area contributed by atoms with E-state index in [-0.39, 0.29) is 18.1 Å². The van der Waals surface area contributed by atoms with Crippen molar-refractivity contribution in [1.82, 2.24) is 5.32 Å². The van der Waals surface area contributed by atoms with Crippen LogP contribution in [0.4, 0.5) is 0 Å². The first-order valence-corrected chi connectivity index (χ1v) is 6.33.